The Labute approximate surface area is 137 Å². The molecule has 5 nitrogen and oxygen atoms in total. The van der Waals surface area contributed by atoms with E-state index in [0.717, 1.165) is 12.8 Å². The van der Waals surface area contributed by atoms with E-state index in [9.17, 15) is 9.59 Å². The van der Waals surface area contributed by atoms with Crippen LogP contribution in [0.1, 0.15) is 29.3 Å². The quantitative estimate of drug-likeness (QED) is 0.783. The summed E-state index contributed by atoms with van der Waals surface area (Å²) in [5.74, 6) is -0.372. The molecule has 0 radical (unpaired) electrons. The summed E-state index contributed by atoms with van der Waals surface area (Å²) in [6.07, 6.45) is 4.67. The number of carbonyl (C=O) groups is 1. The van der Waals surface area contributed by atoms with Crippen LogP contribution in [0.4, 0.5) is 0 Å². The van der Waals surface area contributed by atoms with Crippen molar-refractivity contribution in [2.45, 2.75) is 25.8 Å². The van der Waals surface area contributed by atoms with Crippen molar-refractivity contribution in [3.8, 4) is 0 Å². The van der Waals surface area contributed by atoms with Gasteiger partial charge in [-0.25, -0.2) is 4.98 Å². The number of carbonyl (C=O) groups excluding carboxylic acids is 1. The minimum Gasteiger partial charge on any atom is -0.349 e. The van der Waals surface area contributed by atoms with Crippen LogP contribution in [0.3, 0.4) is 0 Å². The average molecular weight is 327 g/mol. The minimum absolute atomic E-state index is 0.0229. The van der Waals surface area contributed by atoms with Crippen molar-refractivity contribution in [1.82, 2.24) is 14.7 Å². The van der Waals surface area contributed by atoms with Gasteiger partial charge in [-0.05, 0) is 25.3 Å². The van der Waals surface area contributed by atoms with Crippen LogP contribution < -0.4 is 10.9 Å². The van der Waals surface area contributed by atoms with Crippen molar-refractivity contribution < 1.29 is 4.79 Å². The first-order valence-corrected chi connectivity index (χ1v) is 8.33. The fourth-order valence-electron chi connectivity index (χ4n) is 2.38. The minimum atomic E-state index is -0.372. The summed E-state index contributed by atoms with van der Waals surface area (Å²) in [6, 6.07) is 10.1. The molecule has 1 amide bonds. The van der Waals surface area contributed by atoms with Crippen LogP contribution in [-0.4, -0.2) is 21.3 Å². The lowest BCUT2D eigenvalue weighted by atomic mass is 10.1. The molecule has 1 unspecified atom stereocenters. The van der Waals surface area contributed by atoms with Gasteiger partial charge in [0.15, 0.2) is 4.96 Å². The van der Waals surface area contributed by atoms with Gasteiger partial charge in [-0.1, -0.05) is 30.3 Å². The fourth-order valence-corrected chi connectivity index (χ4v) is 3.06. The van der Waals surface area contributed by atoms with Crippen molar-refractivity contribution in [3.63, 3.8) is 0 Å². The van der Waals surface area contributed by atoms with E-state index in [1.54, 1.807) is 11.6 Å². The van der Waals surface area contributed by atoms with E-state index in [2.05, 4.69) is 22.4 Å². The predicted octanol–water partition coefficient (Wildman–Crippen LogP) is 2.51. The van der Waals surface area contributed by atoms with Gasteiger partial charge in [0.25, 0.3) is 11.5 Å². The molecule has 3 aromatic rings. The predicted molar refractivity (Wildman–Crippen MR) is 91.0 cm³/mol. The highest BCUT2D eigenvalue weighted by molar-refractivity contribution is 7.15. The first-order chi connectivity index (χ1) is 11.1. The molecule has 0 fully saturated rings. The van der Waals surface area contributed by atoms with E-state index in [-0.39, 0.29) is 23.1 Å². The lowest BCUT2D eigenvalue weighted by molar-refractivity contribution is 0.0936. The first-order valence-electron chi connectivity index (χ1n) is 7.45. The Hall–Kier alpha value is -2.47. The second-order valence-electron chi connectivity index (χ2n) is 5.43. The maximum absolute atomic E-state index is 12.3. The number of benzene rings is 1. The van der Waals surface area contributed by atoms with Crippen LogP contribution >= 0.6 is 11.3 Å². The Balaban J connectivity index is 1.65. The maximum Gasteiger partial charge on any atom is 0.271 e. The summed E-state index contributed by atoms with van der Waals surface area (Å²) in [7, 11) is 0. The van der Waals surface area contributed by atoms with Crippen LogP contribution in [0, 0.1) is 0 Å². The number of amides is 1. The van der Waals surface area contributed by atoms with Gasteiger partial charge in [0.2, 0.25) is 0 Å². The lowest BCUT2D eigenvalue weighted by Gasteiger charge is -2.13. The van der Waals surface area contributed by atoms with Crippen molar-refractivity contribution in [2.24, 2.45) is 0 Å². The highest BCUT2D eigenvalue weighted by Crippen LogP contribution is 2.07. The molecule has 0 aliphatic carbocycles. The molecule has 0 saturated carbocycles. The Bertz CT molecular complexity index is 870. The van der Waals surface area contributed by atoms with Gasteiger partial charge < -0.3 is 5.32 Å². The summed E-state index contributed by atoms with van der Waals surface area (Å²) in [4.78, 5) is 29.3. The summed E-state index contributed by atoms with van der Waals surface area (Å²) in [6.45, 7) is 1.94. The van der Waals surface area contributed by atoms with Crippen molar-refractivity contribution in [1.29, 1.82) is 0 Å². The number of nitrogens with zero attached hydrogens (tertiary/aromatic N) is 2. The number of aromatic nitrogens is 2. The molecule has 0 spiro atoms. The van der Waals surface area contributed by atoms with Crippen LogP contribution in [0.25, 0.3) is 4.96 Å². The molecule has 3 rings (SSSR count). The third-order valence-electron chi connectivity index (χ3n) is 3.67. The molecule has 0 aliphatic heterocycles. The third-order valence-corrected chi connectivity index (χ3v) is 4.44. The van der Waals surface area contributed by atoms with Crippen LogP contribution in [0.15, 0.2) is 52.9 Å². The molecular weight excluding hydrogens is 310 g/mol. The van der Waals surface area contributed by atoms with Crippen LogP contribution in [-0.2, 0) is 6.42 Å². The third kappa shape index (κ3) is 3.48. The number of aryl methyl sites for hydroxylation is 1. The largest absolute Gasteiger partial charge is 0.349 e. The molecule has 0 bridgehead atoms. The number of rotatable bonds is 5. The Kier molecular flexibility index (Phi) is 4.52. The number of fused-ring (bicyclic) bond motifs is 1. The second-order valence-corrected chi connectivity index (χ2v) is 6.30. The van der Waals surface area contributed by atoms with Crippen molar-refractivity contribution in [2.75, 3.05) is 0 Å². The van der Waals surface area contributed by atoms with E-state index in [0.29, 0.717) is 4.96 Å². The van der Waals surface area contributed by atoms with E-state index in [1.165, 1.54) is 27.5 Å². The zero-order valence-electron chi connectivity index (χ0n) is 12.7. The molecule has 118 valence electrons. The molecule has 1 N–H and O–H groups in total. The van der Waals surface area contributed by atoms with Crippen LogP contribution in [0.5, 0.6) is 0 Å². The zero-order valence-corrected chi connectivity index (χ0v) is 13.5. The van der Waals surface area contributed by atoms with Crippen LogP contribution in [0.2, 0.25) is 0 Å². The molecule has 2 heterocycles. The standard InChI is InChI=1S/C17H17N3O2S/c1-12(7-8-13-5-3-2-4-6-13)19-15(21)14-11-18-17-20(16(14)22)9-10-23-17/h2-6,9-12H,7-8H2,1H3,(H,19,21). The van der Waals surface area contributed by atoms with Gasteiger partial charge in [-0.15, -0.1) is 11.3 Å². The molecule has 23 heavy (non-hydrogen) atoms. The summed E-state index contributed by atoms with van der Waals surface area (Å²) < 4.78 is 1.40. The number of hydrogen-bond acceptors (Lipinski definition) is 4. The van der Waals surface area contributed by atoms with Crippen molar-refractivity contribution in [3.05, 3.63) is 69.6 Å². The van der Waals surface area contributed by atoms with Gasteiger partial charge in [0.1, 0.15) is 5.56 Å². The molecule has 6 heteroatoms. The Morgan fingerprint density at radius 1 is 1.35 bits per heavy atom. The van der Waals surface area contributed by atoms with Gasteiger partial charge in [-0.3, -0.25) is 14.0 Å². The van der Waals surface area contributed by atoms with E-state index in [4.69, 9.17) is 0 Å². The van der Waals surface area contributed by atoms with Gasteiger partial charge in [0.05, 0.1) is 0 Å². The Morgan fingerprint density at radius 3 is 2.91 bits per heavy atom. The van der Waals surface area contributed by atoms with Gasteiger partial charge in [0, 0.05) is 23.8 Å². The monoisotopic (exact) mass is 327 g/mol. The molecule has 1 atom stereocenters. The Morgan fingerprint density at radius 2 is 2.13 bits per heavy atom. The molecule has 2 aromatic heterocycles. The number of thiazole rings is 1. The lowest BCUT2D eigenvalue weighted by Crippen LogP contribution is -2.37. The zero-order chi connectivity index (χ0) is 16.2. The fraction of sp³-hybridized carbons (Fsp3) is 0.235. The first kappa shape index (κ1) is 15.4. The smallest absolute Gasteiger partial charge is 0.271 e. The van der Waals surface area contributed by atoms with Crippen molar-refractivity contribution >= 4 is 22.2 Å². The molecule has 1 aromatic carbocycles. The molecule has 0 aliphatic rings. The van der Waals surface area contributed by atoms with E-state index >= 15 is 0 Å². The van der Waals surface area contributed by atoms with E-state index < -0.39 is 0 Å². The second kappa shape index (κ2) is 6.75. The molecule has 0 saturated heterocycles. The summed E-state index contributed by atoms with van der Waals surface area (Å²) in [5.41, 5.74) is 0.978. The average Bonchev–Trinajstić information content (AvgIpc) is 3.04. The van der Waals surface area contributed by atoms with E-state index in [1.807, 2.05) is 25.1 Å². The van der Waals surface area contributed by atoms with Gasteiger partial charge in [-0.2, -0.15) is 0 Å². The maximum atomic E-state index is 12.3. The number of nitrogens with one attached hydrogen (secondary N) is 1. The summed E-state index contributed by atoms with van der Waals surface area (Å²) in [5, 5.41) is 4.65. The highest BCUT2D eigenvalue weighted by atomic mass is 32.1. The molecular formula is C17H17N3O2S. The van der Waals surface area contributed by atoms with Gasteiger partial charge >= 0.3 is 0 Å². The SMILES string of the molecule is CC(CCc1ccccc1)NC(=O)c1cnc2sccn2c1=O. The summed E-state index contributed by atoms with van der Waals surface area (Å²) >= 11 is 1.36. The number of hydrogen-bond donors (Lipinski definition) is 1. The topological polar surface area (TPSA) is 63.5 Å². The highest BCUT2D eigenvalue weighted by Gasteiger charge is 2.15. The normalized spacial score (nSPS) is 12.2.